The van der Waals surface area contributed by atoms with Gasteiger partial charge >= 0.3 is 0 Å². The van der Waals surface area contributed by atoms with Crippen LogP contribution in [0.2, 0.25) is 0 Å². The van der Waals surface area contributed by atoms with Gasteiger partial charge in [-0.1, -0.05) is 18.2 Å². The lowest BCUT2D eigenvalue weighted by Gasteiger charge is -1.98. The molecule has 1 heterocycles. The van der Waals surface area contributed by atoms with Crippen molar-refractivity contribution in [2.45, 2.75) is 6.42 Å². The van der Waals surface area contributed by atoms with Crippen LogP contribution in [0.25, 0.3) is 6.08 Å². The Morgan fingerprint density at radius 3 is 2.82 bits per heavy atom. The molecule has 3 heteroatoms. The van der Waals surface area contributed by atoms with E-state index in [0.717, 1.165) is 10.4 Å². The van der Waals surface area contributed by atoms with Gasteiger partial charge in [0.15, 0.2) is 5.78 Å². The van der Waals surface area contributed by atoms with Gasteiger partial charge < -0.3 is 0 Å². The van der Waals surface area contributed by atoms with Gasteiger partial charge in [0.05, 0.1) is 0 Å². The number of carbonyl (C=O) groups is 1. The molecule has 0 fully saturated rings. The molecule has 0 saturated carbocycles. The molecule has 0 radical (unpaired) electrons. The number of rotatable bonds is 1. The highest BCUT2D eigenvalue weighted by Crippen LogP contribution is 2.31. The van der Waals surface area contributed by atoms with Crippen molar-refractivity contribution in [2.24, 2.45) is 0 Å². The van der Waals surface area contributed by atoms with Crippen LogP contribution in [0, 0.1) is 5.82 Å². The van der Waals surface area contributed by atoms with Crippen LogP contribution in [0.5, 0.6) is 0 Å². The fraction of sp³-hybridized carbons (Fsp3) is 0.0714. The van der Waals surface area contributed by atoms with Crippen molar-refractivity contribution in [1.29, 1.82) is 0 Å². The number of Topliss-reactive ketones (excluding diaryl/α,β-unsaturated/α-hetero) is 1. The molecule has 0 bridgehead atoms. The van der Waals surface area contributed by atoms with E-state index in [0.29, 0.717) is 17.6 Å². The molecule has 17 heavy (non-hydrogen) atoms. The summed E-state index contributed by atoms with van der Waals surface area (Å²) in [5.74, 6) is -0.257. The molecule has 2 aromatic rings. The van der Waals surface area contributed by atoms with E-state index in [-0.39, 0.29) is 11.6 Å². The summed E-state index contributed by atoms with van der Waals surface area (Å²) in [6.45, 7) is 0. The van der Waals surface area contributed by atoms with Gasteiger partial charge in [0.2, 0.25) is 0 Å². The fourth-order valence-corrected chi connectivity index (χ4v) is 2.90. The highest BCUT2D eigenvalue weighted by Gasteiger charge is 2.25. The third kappa shape index (κ3) is 1.72. The van der Waals surface area contributed by atoms with E-state index in [1.54, 1.807) is 35.6 Å². The molecule has 3 rings (SSSR count). The molecule has 84 valence electrons. The molecule has 1 nitrogen and oxygen atoms in total. The first-order valence-electron chi connectivity index (χ1n) is 5.32. The minimum atomic E-state index is -0.289. The summed E-state index contributed by atoms with van der Waals surface area (Å²) in [7, 11) is 0. The maximum Gasteiger partial charge on any atom is 0.190 e. The van der Waals surface area contributed by atoms with Crippen LogP contribution in [0.15, 0.2) is 41.3 Å². The van der Waals surface area contributed by atoms with Gasteiger partial charge in [-0.3, -0.25) is 4.79 Å². The molecule has 0 saturated heterocycles. The summed E-state index contributed by atoms with van der Waals surface area (Å²) in [5.41, 5.74) is 1.93. The van der Waals surface area contributed by atoms with Crippen molar-refractivity contribution in [3.8, 4) is 0 Å². The molecule has 1 aromatic heterocycles. The third-order valence-electron chi connectivity index (χ3n) is 2.87. The Kier molecular flexibility index (Phi) is 2.41. The average Bonchev–Trinajstić information content (AvgIpc) is 2.87. The van der Waals surface area contributed by atoms with Crippen LogP contribution in [0.1, 0.15) is 20.8 Å². The fourth-order valence-electron chi connectivity index (χ4n) is 2.00. The average molecular weight is 244 g/mol. The normalized spacial score (nSPS) is 16.5. The number of halogens is 1. The van der Waals surface area contributed by atoms with Crippen LogP contribution in [0.3, 0.4) is 0 Å². The van der Waals surface area contributed by atoms with Gasteiger partial charge in [-0.05, 0) is 23.6 Å². The lowest BCUT2D eigenvalue weighted by Crippen LogP contribution is -1.95. The summed E-state index contributed by atoms with van der Waals surface area (Å²) in [4.78, 5) is 13.1. The molecule has 0 amide bonds. The largest absolute Gasteiger partial charge is 0.289 e. The molecule has 0 atom stereocenters. The van der Waals surface area contributed by atoms with Gasteiger partial charge in [0.25, 0.3) is 0 Å². The molecule has 1 aliphatic carbocycles. The van der Waals surface area contributed by atoms with Gasteiger partial charge in [-0.2, -0.15) is 0 Å². The summed E-state index contributed by atoms with van der Waals surface area (Å²) in [6.07, 6.45) is 2.28. The van der Waals surface area contributed by atoms with E-state index in [2.05, 4.69) is 0 Å². The van der Waals surface area contributed by atoms with Crippen LogP contribution in [0.4, 0.5) is 4.39 Å². The SMILES string of the molecule is O=C1C(=Cc2ccccc2F)Cc2sccc21. The van der Waals surface area contributed by atoms with Gasteiger partial charge in [0, 0.05) is 28.0 Å². The van der Waals surface area contributed by atoms with Crippen molar-refractivity contribution in [3.63, 3.8) is 0 Å². The van der Waals surface area contributed by atoms with E-state index in [4.69, 9.17) is 0 Å². The van der Waals surface area contributed by atoms with Crippen LogP contribution in [-0.2, 0) is 6.42 Å². The first-order chi connectivity index (χ1) is 8.25. The smallest absolute Gasteiger partial charge is 0.190 e. The highest BCUT2D eigenvalue weighted by atomic mass is 32.1. The summed E-state index contributed by atoms with van der Waals surface area (Å²) in [6, 6.07) is 8.34. The Hall–Kier alpha value is -1.74. The molecule has 0 unspecified atom stereocenters. The first kappa shape index (κ1) is 10.4. The molecule has 0 aliphatic heterocycles. The Morgan fingerprint density at radius 2 is 2.06 bits per heavy atom. The van der Waals surface area contributed by atoms with Crippen molar-refractivity contribution in [1.82, 2.24) is 0 Å². The molecule has 1 aliphatic rings. The van der Waals surface area contributed by atoms with Crippen LogP contribution in [-0.4, -0.2) is 5.78 Å². The minimum Gasteiger partial charge on any atom is -0.289 e. The Balaban J connectivity index is 2.01. The minimum absolute atomic E-state index is 0.0319. The van der Waals surface area contributed by atoms with Crippen molar-refractivity contribution >= 4 is 23.2 Å². The Labute approximate surface area is 102 Å². The predicted octanol–water partition coefficient (Wildman–Crippen LogP) is 3.71. The molecule has 0 N–H and O–H groups in total. The zero-order valence-electron chi connectivity index (χ0n) is 8.94. The standard InChI is InChI=1S/C14H9FOS/c15-12-4-2-1-3-9(12)7-10-8-13-11(14(10)16)5-6-17-13/h1-7H,8H2. The second-order valence-corrected chi connectivity index (χ2v) is 4.96. The first-order valence-corrected chi connectivity index (χ1v) is 6.20. The van der Waals surface area contributed by atoms with E-state index in [1.165, 1.54) is 6.07 Å². The van der Waals surface area contributed by atoms with Gasteiger partial charge in [0.1, 0.15) is 5.82 Å². The van der Waals surface area contributed by atoms with Crippen LogP contribution >= 0.6 is 11.3 Å². The number of hydrogen-bond donors (Lipinski definition) is 0. The van der Waals surface area contributed by atoms with Crippen molar-refractivity contribution in [3.05, 3.63) is 63.1 Å². The number of carbonyl (C=O) groups excluding carboxylic acids is 1. The second-order valence-electron chi connectivity index (χ2n) is 3.95. The summed E-state index contributed by atoms with van der Waals surface area (Å²) in [5, 5.41) is 1.92. The molecular weight excluding hydrogens is 235 g/mol. The van der Waals surface area contributed by atoms with Crippen molar-refractivity contribution < 1.29 is 9.18 Å². The highest BCUT2D eigenvalue weighted by molar-refractivity contribution is 7.10. The maximum atomic E-state index is 13.5. The zero-order valence-corrected chi connectivity index (χ0v) is 9.76. The maximum absolute atomic E-state index is 13.5. The number of allylic oxidation sites excluding steroid dienone is 1. The quantitative estimate of drug-likeness (QED) is 0.699. The van der Waals surface area contributed by atoms with E-state index >= 15 is 0 Å². The van der Waals surface area contributed by atoms with Gasteiger partial charge in [-0.15, -0.1) is 11.3 Å². The topological polar surface area (TPSA) is 17.1 Å². The predicted molar refractivity (Wildman–Crippen MR) is 66.7 cm³/mol. The third-order valence-corrected chi connectivity index (χ3v) is 3.79. The molecule has 1 aromatic carbocycles. The van der Waals surface area contributed by atoms with Crippen molar-refractivity contribution in [2.75, 3.05) is 0 Å². The lowest BCUT2D eigenvalue weighted by atomic mass is 10.1. The monoisotopic (exact) mass is 244 g/mol. The van der Waals surface area contributed by atoms with Gasteiger partial charge in [-0.25, -0.2) is 4.39 Å². The number of benzene rings is 1. The molecule has 0 spiro atoms. The molecular formula is C14H9FOS. The summed E-state index contributed by atoms with van der Waals surface area (Å²) >= 11 is 1.58. The lowest BCUT2D eigenvalue weighted by molar-refractivity contribution is 0.104. The van der Waals surface area contributed by atoms with E-state index in [1.807, 2.05) is 11.4 Å². The number of thiophene rings is 1. The zero-order chi connectivity index (χ0) is 11.8. The number of ketones is 1. The Morgan fingerprint density at radius 1 is 1.24 bits per heavy atom. The summed E-state index contributed by atoms with van der Waals surface area (Å²) < 4.78 is 13.5. The second kappa shape index (κ2) is 3.93. The number of hydrogen-bond acceptors (Lipinski definition) is 2. The Bertz CT molecular complexity index is 625. The van der Waals surface area contributed by atoms with E-state index in [9.17, 15) is 9.18 Å². The number of fused-ring (bicyclic) bond motifs is 1. The van der Waals surface area contributed by atoms with Crippen LogP contribution < -0.4 is 0 Å². The van der Waals surface area contributed by atoms with E-state index < -0.39 is 0 Å².